The number of para-hydroxylation sites is 2. The summed E-state index contributed by atoms with van der Waals surface area (Å²) in [6, 6.07) is 63.5. The Hall–Kier alpha value is -6.58. The van der Waals surface area contributed by atoms with Gasteiger partial charge < -0.3 is 4.57 Å². The molecular weight excluding hydrogens is 607 g/mol. The number of aromatic nitrogens is 3. The first-order chi connectivity index (χ1) is 24.8. The zero-order chi connectivity index (χ0) is 32.8. The van der Waals surface area contributed by atoms with Crippen LogP contribution < -0.4 is 0 Å². The van der Waals surface area contributed by atoms with Gasteiger partial charge in [-0.3, -0.25) is 0 Å². The molecule has 0 saturated carbocycles. The summed E-state index contributed by atoms with van der Waals surface area (Å²) in [5, 5.41) is 2.43. The average Bonchev–Trinajstić information content (AvgIpc) is 3.69. The van der Waals surface area contributed by atoms with Gasteiger partial charge in [0.15, 0.2) is 5.82 Å². The molecular formula is C47H29N3. The van der Waals surface area contributed by atoms with Crippen LogP contribution in [0.5, 0.6) is 0 Å². The first-order valence-corrected chi connectivity index (χ1v) is 17.2. The maximum Gasteiger partial charge on any atom is 0.160 e. The Balaban J connectivity index is 1.31. The van der Waals surface area contributed by atoms with Gasteiger partial charge in [-0.2, -0.15) is 0 Å². The SMILES string of the molecule is c1ccc(-c2cc(-c3ccccc3)nc(-c3cc4c5c(c3)c3ccccc3n5-c3ccccc3C43c4ccccc4-c4ccccc43)n2)cc1. The Morgan fingerprint density at radius 3 is 1.60 bits per heavy atom. The van der Waals surface area contributed by atoms with Gasteiger partial charge in [0, 0.05) is 27.5 Å². The number of fused-ring (bicyclic) bond motifs is 12. The summed E-state index contributed by atoms with van der Waals surface area (Å²) >= 11 is 0. The minimum atomic E-state index is -0.526. The molecule has 0 radical (unpaired) electrons. The molecule has 3 heterocycles. The lowest BCUT2D eigenvalue weighted by Gasteiger charge is -2.39. The maximum atomic E-state index is 5.32. The van der Waals surface area contributed by atoms with E-state index in [0.717, 1.165) is 28.1 Å². The van der Waals surface area contributed by atoms with Gasteiger partial charge in [0.2, 0.25) is 0 Å². The van der Waals surface area contributed by atoms with Gasteiger partial charge in [-0.1, -0.05) is 146 Å². The van der Waals surface area contributed by atoms with Crippen molar-refractivity contribution in [3.8, 4) is 50.7 Å². The van der Waals surface area contributed by atoms with Crippen LogP contribution in [0.2, 0.25) is 0 Å². The van der Waals surface area contributed by atoms with Gasteiger partial charge in [0.1, 0.15) is 0 Å². The number of nitrogens with zero attached hydrogens (tertiary/aromatic N) is 3. The van der Waals surface area contributed by atoms with Crippen LogP contribution in [0.1, 0.15) is 22.3 Å². The van der Waals surface area contributed by atoms with Crippen molar-refractivity contribution in [2.45, 2.75) is 5.41 Å². The minimum absolute atomic E-state index is 0.526. The molecule has 232 valence electrons. The third-order valence-corrected chi connectivity index (χ3v) is 10.8. The second-order valence-electron chi connectivity index (χ2n) is 13.3. The number of rotatable bonds is 3. The Morgan fingerprint density at radius 2 is 0.940 bits per heavy atom. The predicted octanol–water partition coefficient (Wildman–Crippen LogP) is 11.3. The van der Waals surface area contributed by atoms with E-state index in [0.29, 0.717) is 5.82 Å². The molecule has 0 atom stereocenters. The topological polar surface area (TPSA) is 30.7 Å². The number of hydrogen-bond acceptors (Lipinski definition) is 2. The monoisotopic (exact) mass is 635 g/mol. The molecule has 2 aliphatic rings. The Labute approximate surface area is 289 Å². The van der Waals surface area contributed by atoms with E-state index < -0.39 is 5.41 Å². The van der Waals surface area contributed by atoms with Gasteiger partial charge in [-0.05, 0) is 63.7 Å². The van der Waals surface area contributed by atoms with E-state index in [-0.39, 0.29) is 0 Å². The number of benzene rings is 7. The van der Waals surface area contributed by atoms with Gasteiger partial charge in [0.25, 0.3) is 0 Å². The van der Waals surface area contributed by atoms with Crippen molar-refractivity contribution in [1.29, 1.82) is 0 Å². The fourth-order valence-corrected chi connectivity index (χ4v) is 8.80. The van der Waals surface area contributed by atoms with Gasteiger partial charge in [-0.25, -0.2) is 9.97 Å². The lowest BCUT2D eigenvalue weighted by Crippen LogP contribution is -2.33. The van der Waals surface area contributed by atoms with Crippen molar-refractivity contribution in [3.05, 3.63) is 198 Å². The Morgan fingerprint density at radius 1 is 0.400 bits per heavy atom. The normalized spacial score (nSPS) is 13.4. The van der Waals surface area contributed by atoms with Gasteiger partial charge >= 0.3 is 0 Å². The molecule has 0 N–H and O–H groups in total. The number of hydrogen-bond donors (Lipinski definition) is 0. The summed E-state index contributed by atoms with van der Waals surface area (Å²) in [5.74, 6) is 0.716. The largest absolute Gasteiger partial charge is 0.309 e. The quantitative estimate of drug-likeness (QED) is 0.193. The van der Waals surface area contributed by atoms with E-state index in [2.05, 4.69) is 168 Å². The lowest BCUT2D eigenvalue weighted by molar-refractivity contribution is 0.748. The van der Waals surface area contributed by atoms with E-state index in [1.165, 1.54) is 60.9 Å². The molecule has 3 heteroatoms. The standard InChI is InChI=1S/C47H29N3/c1-3-15-30(16-4-1)41-29-42(31-17-5-2-6-18-31)49-46(48-41)32-27-36-35-21-9-13-25-43(35)50-44-26-14-12-24-39(44)47(40(28-32)45(36)50)37-22-10-7-19-33(37)34-20-8-11-23-38(34)47/h1-29H. The highest BCUT2D eigenvalue weighted by molar-refractivity contribution is 6.14. The summed E-state index contributed by atoms with van der Waals surface area (Å²) in [6.07, 6.45) is 0. The third kappa shape index (κ3) is 3.58. The van der Waals surface area contributed by atoms with E-state index in [4.69, 9.17) is 9.97 Å². The van der Waals surface area contributed by atoms with Gasteiger partial charge in [0.05, 0.1) is 33.5 Å². The van der Waals surface area contributed by atoms with Crippen molar-refractivity contribution in [1.82, 2.24) is 14.5 Å². The summed E-state index contributed by atoms with van der Waals surface area (Å²) in [6.45, 7) is 0. The van der Waals surface area contributed by atoms with E-state index in [1.807, 2.05) is 12.1 Å². The van der Waals surface area contributed by atoms with Crippen LogP contribution in [0.4, 0.5) is 0 Å². The third-order valence-electron chi connectivity index (χ3n) is 10.8. The lowest BCUT2D eigenvalue weighted by atomic mass is 9.65. The van der Waals surface area contributed by atoms with Crippen LogP contribution in [0.25, 0.3) is 72.5 Å². The van der Waals surface area contributed by atoms with Crippen molar-refractivity contribution in [3.63, 3.8) is 0 Å². The summed E-state index contributed by atoms with van der Waals surface area (Å²) in [4.78, 5) is 10.6. The van der Waals surface area contributed by atoms with Gasteiger partial charge in [-0.15, -0.1) is 0 Å². The molecule has 0 bridgehead atoms. The fourth-order valence-electron chi connectivity index (χ4n) is 8.80. The van der Waals surface area contributed by atoms with Crippen molar-refractivity contribution >= 4 is 21.8 Å². The summed E-state index contributed by atoms with van der Waals surface area (Å²) in [7, 11) is 0. The highest BCUT2D eigenvalue weighted by atomic mass is 15.0. The predicted molar refractivity (Wildman–Crippen MR) is 204 cm³/mol. The van der Waals surface area contributed by atoms with Crippen LogP contribution in [0.3, 0.4) is 0 Å². The van der Waals surface area contributed by atoms with E-state index in [1.54, 1.807) is 0 Å². The van der Waals surface area contributed by atoms with Crippen LogP contribution in [-0.2, 0) is 5.41 Å². The van der Waals surface area contributed by atoms with Crippen LogP contribution in [-0.4, -0.2) is 14.5 Å². The highest BCUT2D eigenvalue weighted by Gasteiger charge is 2.50. The molecule has 2 aromatic heterocycles. The molecule has 0 fully saturated rings. The molecule has 3 nitrogen and oxygen atoms in total. The molecule has 1 aliphatic carbocycles. The summed E-state index contributed by atoms with van der Waals surface area (Å²) in [5.41, 5.74) is 15.8. The van der Waals surface area contributed by atoms with Crippen molar-refractivity contribution < 1.29 is 0 Å². The van der Waals surface area contributed by atoms with Crippen molar-refractivity contribution in [2.24, 2.45) is 0 Å². The fraction of sp³-hybridized carbons (Fsp3) is 0.0213. The summed E-state index contributed by atoms with van der Waals surface area (Å²) < 4.78 is 2.49. The second-order valence-corrected chi connectivity index (χ2v) is 13.3. The highest BCUT2D eigenvalue weighted by Crippen LogP contribution is 2.61. The van der Waals surface area contributed by atoms with Crippen LogP contribution >= 0.6 is 0 Å². The van der Waals surface area contributed by atoms with E-state index >= 15 is 0 Å². The first-order valence-electron chi connectivity index (χ1n) is 17.2. The Kier molecular flexibility index (Phi) is 5.59. The molecule has 0 amide bonds. The molecule has 9 aromatic rings. The smallest absolute Gasteiger partial charge is 0.160 e. The van der Waals surface area contributed by atoms with Crippen LogP contribution in [0.15, 0.2) is 176 Å². The molecule has 7 aromatic carbocycles. The second kappa shape index (κ2) is 10.2. The maximum absolute atomic E-state index is 5.32. The molecule has 0 unspecified atom stereocenters. The molecule has 1 aliphatic heterocycles. The Bertz CT molecular complexity index is 2710. The van der Waals surface area contributed by atoms with E-state index in [9.17, 15) is 0 Å². The zero-order valence-corrected chi connectivity index (χ0v) is 27.1. The molecule has 50 heavy (non-hydrogen) atoms. The van der Waals surface area contributed by atoms with Crippen molar-refractivity contribution in [2.75, 3.05) is 0 Å². The first kappa shape index (κ1) is 27.4. The minimum Gasteiger partial charge on any atom is -0.309 e. The molecule has 1 spiro atoms. The molecule has 11 rings (SSSR count). The molecule has 0 saturated heterocycles. The van der Waals surface area contributed by atoms with Crippen LogP contribution in [0, 0.1) is 0 Å². The average molecular weight is 636 g/mol. The zero-order valence-electron chi connectivity index (χ0n) is 27.1.